The van der Waals surface area contributed by atoms with Crippen molar-refractivity contribution in [2.75, 3.05) is 23.8 Å². The average molecular weight is 275 g/mol. The Hall–Kier alpha value is -1.75. The van der Waals surface area contributed by atoms with Gasteiger partial charge >= 0.3 is 0 Å². The van der Waals surface area contributed by atoms with Gasteiger partial charge in [-0.15, -0.1) is 0 Å². The maximum absolute atomic E-state index is 11.4. The Balaban J connectivity index is 1.74. The number of anilines is 2. The van der Waals surface area contributed by atoms with E-state index in [1.807, 2.05) is 18.2 Å². The standard InChI is InChI=1S/C15H21N3O2/c16-8-10-3-1-2-4-12(10)17-11-5-6-14-13(7-11)18-15(19)9-20-14/h5-7,10,12,17H,1-4,8-9,16H2,(H,18,19). The first-order chi connectivity index (χ1) is 9.76. The van der Waals surface area contributed by atoms with Crippen LogP contribution in [0, 0.1) is 5.92 Å². The number of ether oxygens (including phenoxy) is 1. The first-order valence-corrected chi connectivity index (χ1v) is 7.29. The van der Waals surface area contributed by atoms with E-state index in [4.69, 9.17) is 10.5 Å². The van der Waals surface area contributed by atoms with Crippen molar-refractivity contribution >= 4 is 17.3 Å². The van der Waals surface area contributed by atoms with Crippen LogP contribution in [0.1, 0.15) is 25.7 Å². The van der Waals surface area contributed by atoms with Gasteiger partial charge in [-0.3, -0.25) is 4.79 Å². The average Bonchev–Trinajstić information content (AvgIpc) is 2.47. The van der Waals surface area contributed by atoms with Gasteiger partial charge in [-0.05, 0) is 43.5 Å². The van der Waals surface area contributed by atoms with Gasteiger partial charge in [0, 0.05) is 11.7 Å². The fraction of sp³-hybridized carbons (Fsp3) is 0.533. The van der Waals surface area contributed by atoms with Crippen LogP contribution in [0.5, 0.6) is 5.75 Å². The molecule has 0 saturated heterocycles. The van der Waals surface area contributed by atoms with E-state index >= 15 is 0 Å². The molecule has 1 fully saturated rings. The normalized spacial score (nSPS) is 25.4. The van der Waals surface area contributed by atoms with Gasteiger partial charge in [-0.1, -0.05) is 12.8 Å². The smallest absolute Gasteiger partial charge is 0.262 e. The maximum atomic E-state index is 11.4. The predicted octanol–water partition coefficient (Wildman–Crippen LogP) is 1.95. The van der Waals surface area contributed by atoms with Crippen molar-refractivity contribution in [3.8, 4) is 5.75 Å². The van der Waals surface area contributed by atoms with Crippen LogP contribution in [0.4, 0.5) is 11.4 Å². The molecule has 2 unspecified atom stereocenters. The Labute approximate surface area is 118 Å². The van der Waals surface area contributed by atoms with Crippen molar-refractivity contribution in [1.29, 1.82) is 0 Å². The number of nitrogens with one attached hydrogen (secondary N) is 2. The van der Waals surface area contributed by atoms with E-state index in [0.29, 0.717) is 12.0 Å². The molecule has 0 aromatic heterocycles. The summed E-state index contributed by atoms with van der Waals surface area (Å²) in [6.07, 6.45) is 4.87. The number of fused-ring (bicyclic) bond motifs is 1. The number of carbonyl (C=O) groups is 1. The minimum atomic E-state index is -0.104. The molecule has 1 aromatic carbocycles. The summed E-state index contributed by atoms with van der Waals surface area (Å²) in [6, 6.07) is 6.26. The lowest BCUT2D eigenvalue weighted by Crippen LogP contribution is -2.36. The summed E-state index contributed by atoms with van der Waals surface area (Å²) in [7, 11) is 0. The SMILES string of the molecule is NCC1CCCCC1Nc1ccc2c(c1)NC(=O)CO2. The highest BCUT2D eigenvalue weighted by molar-refractivity contribution is 5.96. The highest BCUT2D eigenvalue weighted by atomic mass is 16.5. The molecule has 1 saturated carbocycles. The molecule has 1 aliphatic carbocycles. The van der Waals surface area contributed by atoms with Crippen LogP contribution in [-0.4, -0.2) is 25.1 Å². The minimum absolute atomic E-state index is 0.0949. The second kappa shape index (κ2) is 5.71. The highest BCUT2D eigenvalue weighted by Crippen LogP contribution is 2.32. The predicted molar refractivity (Wildman–Crippen MR) is 79.0 cm³/mol. The van der Waals surface area contributed by atoms with Gasteiger partial charge in [0.05, 0.1) is 5.69 Å². The molecule has 5 nitrogen and oxygen atoms in total. The maximum Gasteiger partial charge on any atom is 0.262 e. The van der Waals surface area contributed by atoms with Crippen molar-refractivity contribution in [1.82, 2.24) is 0 Å². The van der Waals surface area contributed by atoms with E-state index in [-0.39, 0.29) is 12.5 Å². The molecule has 1 aromatic rings. The van der Waals surface area contributed by atoms with E-state index in [1.165, 1.54) is 19.3 Å². The van der Waals surface area contributed by atoms with Crippen LogP contribution in [0.25, 0.3) is 0 Å². The van der Waals surface area contributed by atoms with Crippen LogP contribution >= 0.6 is 0 Å². The largest absolute Gasteiger partial charge is 0.482 e. The fourth-order valence-corrected chi connectivity index (χ4v) is 3.07. The molecule has 4 N–H and O–H groups in total. The summed E-state index contributed by atoms with van der Waals surface area (Å²) in [4.78, 5) is 11.4. The quantitative estimate of drug-likeness (QED) is 0.788. The van der Waals surface area contributed by atoms with E-state index in [2.05, 4.69) is 10.6 Å². The molecule has 1 heterocycles. The van der Waals surface area contributed by atoms with Crippen molar-refractivity contribution in [3.63, 3.8) is 0 Å². The second-order valence-electron chi connectivity index (χ2n) is 5.58. The van der Waals surface area contributed by atoms with Gasteiger partial charge in [0.1, 0.15) is 5.75 Å². The Kier molecular flexibility index (Phi) is 3.78. The van der Waals surface area contributed by atoms with Crippen molar-refractivity contribution in [3.05, 3.63) is 18.2 Å². The number of hydrogen-bond acceptors (Lipinski definition) is 4. The third-order valence-electron chi connectivity index (χ3n) is 4.18. The van der Waals surface area contributed by atoms with E-state index in [9.17, 15) is 4.79 Å². The first kappa shape index (κ1) is 13.2. The molecule has 0 bridgehead atoms. The summed E-state index contributed by atoms with van der Waals surface area (Å²) >= 11 is 0. The summed E-state index contributed by atoms with van der Waals surface area (Å²) in [5.41, 5.74) is 7.62. The molecule has 1 amide bonds. The van der Waals surface area contributed by atoms with Crippen LogP contribution in [0.3, 0.4) is 0 Å². The lowest BCUT2D eigenvalue weighted by atomic mass is 9.84. The molecule has 1 aliphatic heterocycles. The van der Waals surface area contributed by atoms with Gasteiger partial charge in [0.2, 0.25) is 0 Å². The molecule has 0 spiro atoms. The fourth-order valence-electron chi connectivity index (χ4n) is 3.07. The van der Waals surface area contributed by atoms with Crippen molar-refractivity contribution < 1.29 is 9.53 Å². The van der Waals surface area contributed by atoms with Crippen LogP contribution < -0.4 is 21.1 Å². The van der Waals surface area contributed by atoms with Crippen LogP contribution in [0.2, 0.25) is 0 Å². The lowest BCUT2D eigenvalue weighted by Gasteiger charge is -2.32. The topological polar surface area (TPSA) is 76.4 Å². The van der Waals surface area contributed by atoms with Gasteiger partial charge in [0.25, 0.3) is 5.91 Å². The zero-order valence-electron chi connectivity index (χ0n) is 11.5. The van der Waals surface area contributed by atoms with E-state index in [1.54, 1.807) is 0 Å². The van der Waals surface area contributed by atoms with Gasteiger partial charge in [-0.2, -0.15) is 0 Å². The van der Waals surface area contributed by atoms with Gasteiger partial charge < -0.3 is 21.1 Å². The third-order valence-corrected chi connectivity index (χ3v) is 4.18. The number of carbonyl (C=O) groups excluding carboxylic acids is 1. The first-order valence-electron chi connectivity index (χ1n) is 7.29. The van der Waals surface area contributed by atoms with Crippen LogP contribution in [-0.2, 0) is 4.79 Å². The summed E-state index contributed by atoms with van der Waals surface area (Å²) in [6.45, 7) is 0.820. The molecule has 108 valence electrons. The molecular weight excluding hydrogens is 254 g/mol. The van der Waals surface area contributed by atoms with Crippen molar-refractivity contribution in [2.24, 2.45) is 11.7 Å². The molecular formula is C15H21N3O2. The van der Waals surface area contributed by atoms with Crippen LogP contribution in [0.15, 0.2) is 18.2 Å². The van der Waals surface area contributed by atoms with Crippen molar-refractivity contribution in [2.45, 2.75) is 31.7 Å². The lowest BCUT2D eigenvalue weighted by molar-refractivity contribution is -0.118. The number of amides is 1. The molecule has 0 radical (unpaired) electrons. The molecule has 5 heteroatoms. The third kappa shape index (κ3) is 2.72. The Bertz CT molecular complexity index is 504. The van der Waals surface area contributed by atoms with E-state index in [0.717, 1.165) is 30.1 Å². The number of nitrogens with two attached hydrogens (primary N) is 1. The Morgan fingerprint density at radius 2 is 2.20 bits per heavy atom. The second-order valence-corrected chi connectivity index (χ2v) is 5.58. The summed E-state index contributed by atoms with van der Waals surface area (Å²) in [5, 5.41) is 6.39. The zero-order valence-corrected chi connectivity index (χ0v) is 11.5. The highest BCUT2D eigenvalue weighted by Gasteiger charge is 2.24. The number of rotatable bonds is 3. The Morgan fingerprint density at radius 1 is 1.35 bits per heavy atom. The zero-order chi connectivity index (χ0) is 13.9. The van der Waals surface area contributed by atoms with Gasteiger partial charge in [-0.25, -0.2) is 0 Å². The molecule has 2 aliphatic rings. The van der Waals surface area contributed by atoms with Gasteiger partial charge in [0.15, 0.2) is 6.61 Å². The number of hydrogen-bond donors (Lipinski definition) is 3. The number of benzene rings is 1. The Morgan fingerprint density at radius 3 is 3.05 bits per heavy atom. The monoisotopic (exact) mass is 275 g/mol. The van der Waals surface area contributed by atoms with E-state index < -0.39 is 0 Å². The molecule has 20 heavy (non-hydrogen) atoms. The summed E-state index contributed by atoms with van der Waals surface area (Å²) in [5.74, 6) is 1.16. The molecule has 3 rings (SSSR count). The summed E-state index contributed by atoms with van der Waals surface area (Å²) < 4.78 is 5.36. The minimum Gasteiger partial charge on any atom is -0.482 e. The molecule has 2 atom stereocenters.